The van der Waals surface area contributed by atoms with E-state index >= 15 is 0 Å². The lowest BCUT2D eigenvalue weighted by Crippen LogP contribution is -2.25. The van der Waals surface area contributed by atoms with E-state index < -0.39 is 0 Å². The first-order valence-electron chi connectivity index (χ1n) is 5.79. The Hall–Kier alpha value is -2.30. The molecule has 0 spiro atoms. The lowest BCUT2D eigenvalue weighted by Gasteiger charge is -2.15. The summed E-state index contributed by atoms with van der Waals surface area (Å²) in [5.41, 5.74) is 8.55. The van der Waals surface area contributed by atoms with Gasteiger partial charge in [0.25, 0.3) is 0 Å². The van der Waals surface area contributed by atoms with Gasteiger partial charge >= 0.3 is 0 Å². The van der Waals surface area contributed by atoms with Crippen LogP contribution in [0, 0.1) is 0 Å². The van der Waals surface area contributed by atoms with E-state index in [0.717, 1.165) is 24.2 Å². The van der Waals surface area contributed by atoms with Gasteiger partial charge in [0.1, 0.15) is 0 Å². The SMILES string of the molecule is CC(=O)N1CCc2ccc(-c3cc(N)no3)cc21. The number of nitrogens with zero attached hydrogens (tertiary/aromatic N) is 2. The van der Waals surface area contributed by atoms with Crippen molar-refractivity contribution in [3.63, 3.8) is 0 Å². The number of amides is 1. The molecule has 0 bridgehead atoms. The maximum Gasteiger partial charge on any atom is 0.223 e. The topological polar surface area (TPSA) is 72.4 Å². The molecule has 0 aliphatic carbocycles. The summed E-state index contributed by atoms with van der Waals surface area (Å²) in [6, 6.07) is 7.60. The van der Waals surface area contributed by atoms with E-state index in [-0.39, 0.29) is 5.91 Å². The summed E-state index contributed by atoms with van der Waals surface area (Å²) >= 11 is 0. The molecule has 92 valence electrons. The molecule has 1 aliphatic heterocycles. The normalized spacial score (nSPS) is 13.7. The van der Waals surface area contributed by atoms with Gasteiger partial charge in [0, 0.05) is 30.8 Å². The minimum Gasteiger partial charge on any atom is -0.381 e. The molecule has 2 N–H and O–H groups in total. The minimum absolute atomic E-state index is 0.0583. The van der Waals surface area contributed by atoms with Crippen LogP contribution < -0.4 is 10.6 Å². The second kappa shape index (κ2) is 3.87. The summed E-state index contributed by atoms with van der Waals surface area (Å²) in [6.45, 7) is 2.32. The quantitative estimate of drug-likeness (QED) is 0.829. The highest BCUT2D eigenvalue weighted by Gasteiger charge is 2.22. The van der Waals surface area contributed by atoms with Gasteiger partial charge < -0.3 is 15.2 Å². The van der Waals surface area contributed by atoms with Crippen molar-refractivity contribution in [3.8, 4) is 11.3 Å². The average molecular weight is 243 g/mol. The fourth-order valence-electron chi connectivity index (χ4n) is 2.28. The standard InChI is InChI=1S/C13H13N3O2/c1-8(17)16-5-4-9-2-3-10(6-11(9)16)12-7-13(14)15-18-12/h2-3,6-7H,4-5H2,1H3,(H2,14,15). The second-order valence-electron chi connectivity index (χ2n) is 4.38. The molecule has 5 heteroatoms. The van der Waals surface area contributed by atoms with Gasteiger partial charge in [-0.15, -0.1) is 0 Å². The maximum absolute atomic E-state index is 11.5. The van der Waals surface area contributed by atoms with Gasteiger partial charge in [-0.2, -0.15) is 0 Å². The van der Waals surface area contributed by atoms with Crippen LogP contribution in [0.3, 0.4) is 0 Å². The van der Waals surface area contributed by atoms with Crippen molar-refractivity contribution in [2.75, 3.05) is 17.2 Å². The Bertz CT molecular complexity index is 618. The highest BCUT2D eigenvalue weighted by atomic mass is 16.5. The third kappa shape index (κ3) is 1.64. The van der Waals surface area contributed by atoms with Crippen molar-refractivity contribution >= 4 is 17.4 Å². The van der Waals surface area contributed by atoms with E-state index in [0.29, 0.717) is 11.6 Å². The first-order chi connectivity index (χ1) is 8.65. The largest absolute Gasteiger partial charge is 0.381 e. The summed E-state index contributed by atoms with van der Waals surface area (Å²) in [5, 5.41) is 3.66. The molecule has 0 atom stereocenters. The summed E-state index contributed by atoms with van der Waals surface area (Å²) in [7, 11) is 0. The average Bonchev–Trinajstić information content (AvgIpc) is 2.93. The van der Waals surface area contributed by atoms with Crippen LogP contribution >= 0.6 is 0 Å². The number of nitrogens with two attached hydrogens (primary N) is 1. The van der Waals surface area contributed by atoms with Crippen LogP contribution in [-0.4, -0.2) is 17.6 Å². The number of rotatable bonds is 1. The van der Waals surface area contributed by atoms with Gasteiger partial charge in [-0.3, -0.25) is 4.79 Å². The Labute approximate surface area is 104 Å². The van der Waals surface area contributed by atoms with Crippen LogP contribution in [0.15, 0.2) is 28.8 Å². The van der Waals surface area contributed by atoms with Crippen molar-refractivity contribution in [2.45, 2.75) is 13.3 Å². The van der Waals surface area contributed by atoms with Crippen LogP contribution in [0.2, 0.25) is 0 Å². The molecule has 0 saturated carbocycles. The van der Waals surface area contributed by atoms with Gasteiger partial charge in [0.15, 0.2) is 11.6 Å². The predicted molar refractivity (Wildman–Crippen MR) is 68.1 cm³/mol. The monoisotopic (exact) mass is 243 g/mol. The summed E-state index contributed by atoms with van der Waals surface area (Å²) in [4.78, 5) is 13.3. The molecule has 5 nitrogen and oxygen atoms in total. The minimum atomic E-state index is 0.0583. The third-order valence-corrected chi connectivity index (χ3v) is 3.17. The number of benzene rings is 1. The molecule has 1 aromatic carbocycles. The lowest BCUT2D eigenvalue weighted by molar-refractivity contribution is -0.116. The molecule has 2 aromatic rings. The van der Waals surface area contributed by atoms with Gasteiger partial charge in [0.2, 0.25) is 5.91 Å². The van der Waals surface area contributed by atoms with Crippen LogP contribution in [0.4, 0.5) is 11.5 Å². The number of fused-ring (bicyclic) bond motifs is 1. The number of hydrogen-bond donors (Lipinski definition) is 1. The Balaban J connectivity index is 2.05. The van der Waals surface area contributed by atoms with Crippen LogP contribution in [-0.2, 0) is 11.2 Å². The molecule has 1 amide bonds. The van der Waals surface area contributed by atoms with Gasteiger partial charge in [-0.05, 0) is 18.1 Å². The highest BCUT2D eigenvalue weighted by molar-refractivity contribution is 5.94. The molecule has 1 aromatic heterocycles. The van der Waals surface area contributed by atoms with Gasteiger partial charge in [0.05, 0.1) is 0 Å². The van der Waals surface area contributed by atoms with E-state index in [2.05, 4.69) is 5.16 Å². The Morgan fingerprint density at radius 1 is 1.44 bits per heavy atom. The van der Waals surface area contributed by atoms with Crippen molar-refractivity contribution in [1.29, 1.82) is 0 Å². The molecule has 3 rings (SSSR count). The molecular weight excluding hydrogens is 230 g/mol. The first-order valence-corrected chi connectivity index (χ1v) is 5.79. The Morgan fingerprint density at radius 2 is 2.28 bits per heavy atom. The van der Waals surface area contributed by atoms with E-state index in [1.165, 1.54) is 5.56 Å². The van der Waals surface area contributed by atoms with E-state index in [1.807, 2.05) is 18.2 Å². The molecule has 1 aliphatic rings. The molecule has 18 heavy (non-hydrogen) atoms. The highest BCUT2D eigenvalue weighted by Crippen LogP contribution is 2.33. The molecular formula is C13H13N3O2. The molecule has 2 heterocycles. The molecule has 0 fully saturated rings. The van der Waals surface area contributed by atoms with E-state index in [9.17, 15) is 4.79 Å². The predicted octanol–water partition coefficient (Wildman–Crippen LogP) is 1.83. The van der Waals surface area contributed by atoms with E-state index in [4.69, 9.17) is 10.3 Å². The fraction of sp³-hybridized carbons (Fsp3) is 0.231. The maximum atomic E-state index is 11.5. The van der Waals surface area contributed by atoms with Gasteiger partial charge in [-0.1, -0.05) is 17.3 Å². The summed E-state index contributed by atoms with van der Waals surface area (Å²) in [5.74, 6) is 1.03. The molecule has 0 unspecified atom stereocenters. The summed E-state index contributed by atoms with van der Waals surface area (Å²) < 4.78 is 5.13. The number of anilines is 2. The number of nitrogen functional groups attached to an aromatic ring is 1. The lowest BCUT2D eigenvalue weighted by atomic mass is 10.1. The van der Waals surface area contributed by atoms with Crippen LogP contribution in [0.1, 0.15) is 12.5 Å². The van der Waals surface area contributed by atoms with Crippen LogP contribution in [0.5, 0.6) is 0 Å². The zero-order valence-corrected chi connectivity index (χ0v) is 10.0. The Kier molecular flexibility index (Phi) is 2.33. The number of carbonyl (C=O) groups is 1. The van der Waals surface area contributed by atoms with Crippen molar-refractivity contribution in [1.82, 2.24) is 5.16 Å². The van der Waals surface area contributed by atoms with Gasteiger partial charge in [-0.25, -0.2) is 0 Å². The molecule has 0 saturated heterocycles. The first kappa shape index (κ1) is 10.8. The second-order valence-corrected chi connectivity index (χ2v) is 4.38. The third-order valence-electron chi connectivity index (χ3n) is 3.17. The number of aromatic nitrogens is 1. The zero-order chi connectivity index (χ0) is 12.7. The van der Waals surface area contributed by atoms with Crippen molar-refractivity contribution in [2.24, 2.45) is 0 Å². The Morgan fingerprint density at radius 3 is 2.94 bits per heavy atom. The van der Waals surface area contributed by atoms with E-state index in [1.54, 1.807) is 17.9 Å². The fourth-order valence-corrected chi connectivity index (χ4v) is 2.28. The van der Waals surface area contributed by atoms with Crippen molar-refractivity contribution < 1.29 is 9.32 Å². The zero-order valence-electron chi connectivity index (χ0n) is 10.0. The molecule has 0 radical (unpaired) electrons. The number of hydrogen-bond acceptors (Lipinski definition) is 4. The van der Waals surface area contributed by atoms with Crippen molar-refractivity contribution in [3.05, 3.63) is 29.8 Å². The smallest absolute Gasteiger partial charge is 0.223 e. The summed E-state index contributed by atoms with van der Waals surface area (Å²) in [6.07, 6.45) is 0.897. The number of carbonyl (C=O) groups excluding carboxylic acids is 1. The van der Waals surface area contributed by atoms with Crippen LogP contribution in [0.25, 0.3) is 11.3 Å².